The Labute approximate surface area is 168 Å². The monoisotopic (exact) mass is 406 g/mol. The Morgan fingerprint density at radius 2 is 2.15 bits per heavy atom. The molecule has 7 heteroatoms. The van der Waals surface area contributed by atoms with Crippen molar-refractivity contribution in [3.05, 3.63) is 40.4 Å². The molecule has 2 heterocycles. The van der Waals surface area contributed by atoms with Gasteiger partial charge in [-0.2, -0.15) is 0 Å². The van der Waals surface area contributed by atoms with Crippen molar-refractivity contribution in [3.8, 4) is 10.6 Å². The minimum Gasteiger partial charge on any atom is -0.469 e. The molecule has 0 aliphatic carbocycles. The van der Waals surface area contributed by atoms with E-state index < -0.39 is 5.41 Å². The molecule has 1 saturated heterocycles. The maximum atomic E-state index is 13.0. The Hall–Kier alpha value is -1.92. The van der Waals surface area contributed by atoms with Gasteiger partial charge in [0.1, 0.15) is 10.7 Å². The normalized spacial score (nSPS) is 17.6. The van der Waals surface area contributed by atoms with E-state index in [1.54, 1.807) is 10.3 Å². The van der Waals surface area contributed by atoms with Crippen LogP contribution in [0, 0.1) is 11.3 Å². The summed E-state index contributed by atoms with van der Waals surface area (Å²) >= 11 is 7.47. The van der Waals surface area contributed by atoms with Gasteiger partial charge in [0.2, 0.25) is 0 Å². The summed E-state index contributed by atoms with van der Waals surface area (Å²) in [7, 11) is 1.41. The fourth-order valence-corrected chi connectivity index (χ4v) is 4.45. The van der Waals surface area contributed by atoms with Gasteiger partial charge < -0.3 is 9.64 Å². The number of ether oxygens (including phenoxy) is 1. The Morgan fingerprint density at radius 1 is 1.37 bits per heavy atom. The predicted molar refractivity (Wildman–Crippen MR) is 107 cm³/mol. The van der Waals surface area contributed by atoms with E-state index in [9.17, 15) is 9.59 Å². The van der Waals surface area contributed by atoms with Gasteiger partial charge >= 0.3 is 5.97 Å². The van der Waals surface area contributed by atoms with Crippen molar-refractivity contribution in [1.29, 1.82) is 0 Å². The third kappa shape index (κ3) is 4.17. The summed E-state index contributed by atoms with van der Waals surface area (Å²) in [6.45, 7) is 4.98. The summed E-state index contributed by atoms with van der Waals surface area (Å²) in [5.41, 5.74) is 0.711. The number of nitrogens with zero attached hydrogens (tertiary/aromatic N) is 2. The number of hydrogen-bond acceptors (Lipinski definition) is 5. The number of carbonyl (C=O) groups is 2. The second kappa shape index (κ2) is 7.98. The average molecular weight is 407 g/mol. The molecule has 2 aromatic rings. The number of amides is 1. The highest BCUT2D eigenvalue weighted by Gasteiger charge is 2.41. The first-order valence-electron chi connectivity index (χ1n) is 8.92. The number of rotatable bonds is 4. The van der Waals surface area contributed by atoms with Crippen molar-refractivity contribution in [2.24, 2.45) is 11.3 Å². The number of likely N-dealkylation sites (tertiary alicyclic amines) is 1. The lowest BCUT2D eigenvalue weighted by Crippen LogP contribution is -2.47. The van der Waals surface area contributed by atoms with E-state index in [-0.39, 0.29) is 17.8 Å². The second-order valence-electron chi connectivity index (χ2n) is 7.35. The third-order valence-corrected chi connectivity index (χ3v) is 6.36. The molecule has 1 unspecified atom stereocenters. The molecule has 0 N–H and O–H groups in total. The molecule has 0 saturated carbocycles. The molecule has 3 rings (SSSR count). The van der Waals surface area contributed by atoms with Crippen molar-refractivity contribution in [1.82, 2.24) is 9.88 Å². The molecule has 1 amide bonds. The van der Waals surface area contributed by atoms with Crippen LogP contribution in [-0.2, 0) is 9.53 Å². The molecule has 1 aliphatic rings. The lowest BCUT2D eigenvalue weighted by molar-refractivity contribution is -0.155. The topological polar surface area (TPSA) is 59.5 Å². The molecular formula is C20H23ClN2O3S. The van der Waals surface area contributed by atoms with E-state index in [1.807, 2.05) is 38.1 Å². The molecule has 0 spiro atoms. The van der Waals surface area contributed by atoms with Gasteiger partial charge in [0.05, 0.1) is 12.5 Å². The molecule has 1 aromatic heterocycles. The SMILES string of the molecule is COC(=O)C(C)(C)C1CCCN(C(=O)c2csc(-c3cccc(Cl)c3)n2)C1. The highest BCUT2D eigenvalue weighted by atomic mass is 35.5. The zero-order valence-corrected chi connectivity index (χ0v) is 17.3. The summed E-state index contributed by atoms with van der Waals surface area (Å²) in [5, 5.41) is 3.19. The minimum absolute atomic E-state index is 0.0636. The molecular weight excluding hydrogens is 384 g/mol. The van der Waals surface area contributed by atoms with Crippen molar-refractivity contribution in [3.63, 3.8) is 0 Å². The molecule has 144 valence electrons. The Kier molecular flexibility index (Phi) is 5.86. The second-order valence-corrected chi connectivity index (χ2v) is 8.65. The number of methoxy groups -OCH3 is 1. The lowest BCUT2D eigenvalue weighted by Gasteiger charge is -2.39. The molecule has 0 bridgehead atoms. The van der Waals surface area contributed by atoms with Crippen LogP contribution in [0.2, 0.25) is 5.02 Å². The maximum Gasteiger partial charge on any atom is 0.311 e. The Balaban J connectivity index is 1.75. The van der Waals surface area contributed by atoms with Crippen LogP contribution in [0.4, 0.5) is 0 Å². The molecule has 1 aromatic carbocycles. The van der Waals surface area contributed by atoms with Crippen LogP contribution in [0.1, 0.15) is 37.2 Å². The van der Waals surface area contributed by atoms with Gasteiger partial charge in [0.15, 0.2) is 0 Å². The van der Waals surface area contributed by atoms with E-state index in [1.165, 1.54) is 18.4 Å². The summed E-state index contributed by atoms with van der Waals surface area (Å²) in [4.78, 5) is 31.4. The van der Waals surface area contributed by atoms with Crippen molar-refractivity contribution in [2.75, 3.05) is 20.2 Å². The number of piperidine rings is 1. The van der Waals surface area contributed by atoms with Crippen LogP contribution in [0.3, 0.4) is 0 Å². The first-order valence-corrected chi connectivity index (χ1v) is 10.2. The van der Waals surface area contributed by atoms with Crippen molar-refractivity contribution in [2.45, 2.75) is 26.7 Å². The van der Waals surface area contributed by atoms with Crippen LogP contribution in [0.25, 0.3) is 10.6 Å². The highest BCUT2D eigenvalue weighted by molar-refractivity contribution is 7.13. The van der Waals surface area contributed by atoms with Gasteiger partial charge in [-0.1, -0.05) is 23.7 Å². The summed E-state index contributed by atoms with van der Waals surface area (Å²) in [6, 6.07) is 7.44. The smallest absolute Gasteiger partial charge is 0.311 e. The zero-order chi connectivity index (χ0) is 19.6. The number of carbonyl (C=O) groups excluding carboxylic acids is 2. The van der Waals surface area contributed by atoms with Crippen LogP contribution >= 0.6 is 22.9 Å². The predicted octanol–water partition coefficient (Wildman–Crippen LogP) is 4.51. The molecule has 5 nitrogen and oxygen atoms in total. The van der Waals surface area contributed by atoms with Crippen LogP contribution < -0.4 is 0 Å². The maximum absolute atomic E-state index is 13.0. The van der Waals surface area contributed by atoms with Crippen LogP contribution in [0.15, 0.2) is 29.6 Å². The largest absolute Gasteiger partial charge is 0.469 e. The fraction of sp³-hybridized carbons (Fsp3) is 0.450. The highest BCUT2D eigenvalue weighted by Crippen LogP contribution is 2.35. The molecule has 0 radical (unpaired) electrons. The summed E-state index contributed by atoms with van der Waals surface area (Å²) < 4.78 is 4.95. The third-order valence-electron chi connectivity index (χ3n) is 5.24. The van der Waals surface area contributed by atoms with Crippen molar-refractivity contribution >= 4 is 34.8 Å². The Morgan fingerprint density at radius 3 is 2.85 bits per heavy atom. The van der Waals surface area contributed by atoms with Crippen LogP contribution in [0.5, 0.6) is 0 Å². The quantitative estimate of drug-likeness (QED) is 0.700. The van der Waals surface area contributed by atoms with E-state index in [2.05, 4.69) is 4.98 Å². The Bertz CT molecular complexity index is 849. The molecule has 1 aliphatic heterocycles. The lowest BCUT2D eigenvalue weighted by atomic mass is 9.74. The van der Waals surface area contributed by atoms with Gasteiger partial charge in [-0.05, 0) is 44.7 Å². The minimum atomic E-state index is -0.623. The number of halogens is 1. The van der Waals surface area contributed by atoms with Crippen molar-refractivity contribution < 1.29 is 14.3 Å². The number of benzene rings is 1. The number of esters is 1. The van der Waals surface area contributed by atoms with Crippen LogP contribution in [-0.4, -0.2) is 42.0 Å². The van der Waals surface area contributed by atoms with Gasteiger partial charge in [-0.25, -0.2) is 4.98 Å². The van der Waals surface area contributed by atoms with Gasteiger partial charge in [0, 0.05) is 29.1 Å². The number of thiazole rings is 1. The van der Waals surface area contributed by atoms with Gasteiger partial charge in [-0.15, -0.1) is 11.3 Å². The number of hydrogen-bond donors (Lipinski definition) is 0. The van der Waals surface area contributed by atoms with E-state index in [0.29, 0.717) is 23.8 Å². The zero-order valence-electron chi connectivity index (χ0n) is 15.7. The van der Waals surface area contributed by atoms with Gasteiger partial charge in [-0.3, -0.25) is 9.59 Å². The fourth-order valence-electron chi connectivity index (χ4n) is 3.47. The molecule has 1 atom stereocenters. The van der Waals surface area contributed by atoms with E-state index >= 15 is 0 Å². The first-order chi connectivity index (χ1) is 12.8. The average Bonchev–Trinajstić information content (AvgIpc) is 3.17. The standard InChI is InChI=1S/C20H23ClN2O3S/c1-20(2,19(25)26-3)14-7-5-9-23(11-14)18(24)16-12-27-17(22-16)13-6-4-8-15(21)10-13/h4,6,8,10,12,14H,5,7,9,11H2,1-3H3. The summed E-state index contributed by atoms with van der Waals surface area (Å²) in [6.07, 6.45) is 1.76. The first kappa shape index (κ1) is 19.8. The molecule has 27 heavy (non-hydrogen) atoms. The summed E-state index contributed by atoms with van der Waals surface area (Å²) in [5.74, 6) is -0.266. The van der Waals surface area contributed by atoms with Gasteiger partial charge in [0.25, 0.3) is 5.91 Å². The van der Waals surface area contributed by atoms with E-state index in [4.69, 9.17) is 16.3 Å². The number of aromatic nitrogens is 1. The van der Waals surface area contributed by atoms with E-state index in [0.717, 1.165) is 23.4 Å². The molecule has 1 fully saturated rings.